The molecule has 0 aromatic rings. The van der Waals surface area contributed by atoms with Gasteiger partial charge in [0.25, 0.3) is 0 Å². The summed E-state index contributed by atoms with van der Waals surface area (Å²) in [5.74, 6) is -0.995. The van der Waals surface area contributed by atoms with E-state index in [4.69, 9.17) is 9.84 Å². The second-order valence-corrected chi connectivity index (χ2v) is 4.11. The van der Waals surface area contributed by atoms with Crippen molar-refractivity contribution in [1.29, 1.82) is 0 Å². The van der Waals surface area contributed by atoms with Crippen LogP contribution in [0.3, 0.4) is 0 Å². The first-order valence-corrected chi connectivity index (χ1v) is 4.70. The molecule has 0 aromatic carbocycles. The molecule has 5 heteroatoms. The number of nitrogens with zero attached hydrogens (tertiary/aromatic N) is 1. The van der Waals surface area contributed by atoms with Crippen LogP contribution in [0.4, 0.5) is 4.79 Å². The number of likely N-dealkylation sites (tertiary alicyclic amines) is 1. The summed E-state index contributed by atoms with van der Waals surface area (Å²) in [6.07, 6.45) is 1.30. The molecule has 1 atom stereocenters. The van der Waals surface area contributed by atoms with E-state index in [1.807, 2.05) is 13.8 Å². The van der Waals surface area contributed by atoms with E-state index in [1.165, 1.54) is 11.0 Å². The normalized spacial score (nSPS) is 22.8. The Morgan fingerprint density at radius 1 is 1.67 bits per heavy atom. The Balaban J connectivity index is 2.67. The van der Waals surface area contributed by atoms with Crippen LogP contribution in [0.2, 0.25) is 0 Å². The Hall–Kier alpha value is -1.52. The van der Waals surface area contributed by atoms with Gasteiger partial charge in [-0.05, 0) is 13.8 Å². The lowest BCUT2D eigenvalue weighted by Crippen LogP contribution is -2.67. The van der Waals surface area contributed by atoms with E-state index in [9.17, 15) is 9.59 Å². The zero-order chi connectivity index (χ0) is 11.6. The average molecular weight is 213 g/mol. The minimum absolute atomic E-state index is 0.0950. The molecular weight excluding hydrogens is 198 g/mol. The molecule has 1 aliphatic rings. The van der Waals surface area contributed by atoms with Crippen LogP contribution in [0.25, 0.3) is 0 Å². The molecule has 1 aliphatic heterocycles. The van der Waals surface area contributed by atoms with Gasteiger partial charge in [0.15, 0.2) is 0 Å². The van der Waals surface area contributed by atoms with Crippen molar-refractivity contribution >= 4 is 12.1 Å². The fraction of sp³-hybridized carbons (Fsp3) is 0.600. The minimum Gasteiger partial charge on any atom is -0.480 e. The highest BCUT2D eigenvalue weighted by atomic mass is 16.6. The Bertz CT molecular complexity index is 298. The number of carbonyl (C=O) groups excluding carboxylic acids is 1. The highest BCUT2D eigenvalue weighted by Gasteiger charge is 2.52. The number of carbonyl (C=O) groups is 2. The van der Waals surface area contributed by atoms with Gasteiger partial charge < -0.3 is 9.84 Å². The van der Waals surface area contributed by atoms with Gasteiger partial charge in [0.05, 0.1) is 0 Å². The van der Waals surface area contributed by atoms with E-state index in [2.05, 4.69) is 6.58 Å². The topological polar surface area (TPSA) is 66.8 Å². The zero-order valence-corrected chi connectivity index (χ0v) is 8.90. The van der Waals surface area contributed by atoms with Crippen molar-refractivity contribution in [2.45, 2.75) is 31.8 Å². The van der Waals surface area contributed by atoms with Gasteiger partial charge in [0.2, 0.25) is 0 Å². The molecule has 15 heavy (non-hydrogen) atoms. The van der Waals surface area contributed by atoms with E-state index in [0.717, 1.165) is 0 Å². The number of hydrogen-bond acceptors (Lipinski definition) is 3. The van der Waals surface area contributed by atoms with E-state index >= 15 is 0 Å². The maximum atomic E-state index is 11.5. The first-order chi connectivity index (χ1) is 6.90. The SMILES string of the molecule is C=CCOC(=O)N1C(C(=O)O)CC1(C)C. The summed E-state index contributed by atoms with van der Waals surface area (Å²) in [5.41, 5.74) is -0.443. The summed E-state index contributed by atoms with van der Waals surface area (Å²) in [4.78, 5) is 23.5. The molecule has 1 N–H and O–H groups in total. The van der Waals surface area contributed by atoms with Gasteiger partial charge in [-0.15, -0.1) is 0 Å². The van der Waals surface area contributed by atoms with Crippen LogP contribution < -0.4 is 0 Å². The lowest BCUT2D eigenvalue weighted by molar-refractivity contribution is -0.155. The number of hydrogen-bond donors (Lipinski definition) is 1. The van der Waals surface area contributed by atoms with Crippen molar-refractivity contribution in [3.8, 4) is 0 Å². The zero-order valence-electron chi connectivity index (χ0n) is 8.90. The van der Waals surface area contributed by atoms with E-state index in [0.29, 0.717) is 6.42 Å². The standard InChI is InChI=1S/C10H15NO4/c1-4-5-15-9(14)11-7(8(12)13)6-10(11,2)3/h4,7H,1,5-6H2,2-3H3,(H,12,13). The van der Waals surface area contributed by atoms with Crippen LogP contribution >= 0.6 is 0 Å². The highest BCUT2D eigenvalue weighted by Crippen LogP contribution is 2.36. The maximum absolute atomic E-state index is 11.5. The van der Waals surface area contributed by atoms with Crippen LogP contribution in [-0.4, -0.2) is 40.3 Å². The molecule has 0 radical (unpaired) electrons. The predicted octanol–water partition coefficient (Wildman–Crippen LogP) is 1.25. The third-order valence-electron chi connectivity index (χ3n) is 2.46. The van der Waals surface area contributed by atoms with Gasteiger partial charge in [0.1, 0.15) is 12.6 Å². The molecule has 0 aliphatic carbocycles. The Kier molecular flexibility index (Phi) is 3.02. The molecule has 0 bridgehead atoms. The first kappa shape index (κ1) is 11.6. The van der Waals surface area contributed by atoms with Crippen LogP contribution in [0.15, 0.2) is 12.7 Å². The number of amides is 1. The van der Waals surface area contributed by atoms with Gasteiger partial charge in [-0.2, -0.15) is 0 Å². The summed E-state index contributed by atoms with van der Waals surface area (Å²) in [7, 11) is 0. The smallest absolute Gasteiger partial charge is 0.411 e. The monoisotopic (exact) mass is 213 g/mol. The van der Waals surface area contributed by atoms with Gasteiger partial charge >= 0.3 is 12.1 Å². The van der Waals surface area contributed by atoms with E-state index in [1.54, 1.807) is 0 Å². The fourth-order valence-corrected chi connectivity index (χ4v) is 1.74. The van der Waals surface area contributed by atoms with Crippen LogP contribution in [0.5, 0.6) is 0 Å². The first-order valence-electron chi connectivity index (χ1n) is 4.70. The molecule has 0 aromatic heterocycles. The molecule has 84 valence electrons. The second kappa shape index (κ2) is 3.92. The largest absolute Gasteiger partial charge is 0.480 e. The van der Waals surface area contributed by atoms with Gasteiger partial charge in [0, 0.05) is 12.0 Å². The van der Waals surface area contributed by atoms with Crippen molar-refractivity contribution in [1.82, 2.24) is 4.90 Å². The summed E-state index contributed by atoms with van der Waals surface area (Å²) >= 11 is 0. The van der Waals surface area contributed by atoms with E-state index < -0.39 is 23.6 Å². The quantitative estimate of drug-likeness (QED) is 0.716. The summed E-state index contributed by atoms with van der Waals surface area (Å²) in [5, 5.41) is 8.84. The Labute approximate surface area is 88.3 Å². The predicted molar refractivity (Wildman–Crippen MR) is 53.5 cm³/mol. The summed E-state index contributed by atoms with van der Waals surface area (Å²) < 4.78 is 4.82. The highest BCUT2D eigenvalue weighted by molar-refractivity contribution is 5.83. The second-order valence-electron chi connectivity index (χ2n) is 4.11. The molecule has 5 nitrogen and oxygen atoms in total. The molecule has 1 unspecified atom stereocenters. The summed E-state index contributed by atoms with van der Waals surface area (Å²) in [6, 6.07) is -0.766. The van der Waals surface area contributed by atoms with Crippen molar-refractivity contribution in [3.05, 3.63) is 12.7 Å². The maximum Gasteiger partial charge on any atom is 0.411 e. The summed E-state index contributed by atoms with van der Waals surface area (Å²) in [6.45, 7) is 7.12. The minimum atomic E-state index is -0.995. The van der Waals surface area contributed by atoms with Crippen molar-refractivity contribution in [2.24, 2.45) is 0 Å². The molecular formula is C10H15NO4. The van der Waals surface area contributed by atoms with Crippen LogP contribution in [-0.2, 0) is 9.53 Å². The van der Waals surface area contributed by atoms with E-state index in [-0.39, 0.29) is 6.61 Å². The number of carboxylic acids is 1. The molecule has 1 saturated heterocycles. The average Bonchev–Trinajstić information content (AvgIpc) is 2.11. The molecule has 1 heterocycles. The molecule has 0 saturated carbocycles. The number of rotatable bonds is 3. The van der Waals surface area contributed by atoms with Crippen LogP contribution in [0.1, 0.15) is 20.3 Å². The number of carboxylic acid groups (broad SMARTS) is 1. The number of aliphatic carboxylic acids is 1. The lowest BCUT2D eigenvalue weighted by Gasteiger charge is -2.51. The Morgan fingerprint density at radius 3 is 2.67 bits per heavy atom. The van der Waals surface area contributed by atoms with Gasteiger partial charge in [-0.25, -0.2) is 9.59 Å². The van der Waals surface area contributed by atoms with Gasteiger partial charge in [-0.3, -0.25) is 4.90 Å². The molecule has 1 amide bonds. The molecule has 1 rings (SSSR count). The Morgan fingerprint density at radius 2 is 2.27 bits per heavy atom. The van der Waals surface area contributed by atoms with Crippen LogP contribution in [0, 0.1) is 0 Å². The molecule has 0 spiro atoms. The third-order valence-corrected chi connectivity index (χ3v) is 2.46. The van der Waals surface area contributed by atoms with Crippen molar-refractivity contribution in [2.75, 3.05) is 6.61 Å². The lowest BCUT2D eigenvalue weighted by atomic mass is 9.82. The fourth-order valence-electron chi connectivity index (χ4n) is 1.74. The van der Waals surface area contributed by atoms with Crippen molar-refractivity contribution < 1.29 is 19.4 Å². The third kappa shape index (κ3) is 2.11. The molecule has 1 fully saturated rings. The van der Waals surface area contributed by atoms with Crippen molar-refractivity contribution in [3.63, 3.8) is 0 Å². The number of ether oxygens (including phenoxy) is 1. The van der Waals surface area contributed by atoms with Gasteiger partial charge in [-0.1, -0.05) is 12.7 Å².